The van der Waals surface area contributed by atoms with E-state index in [9.17, 15) is 10.1 Å². The van der Waals surface area contributed by atoms with E-state index < -0.39 is 4.92 Å². The van der Waals surface area contributed by atoms with E-state index in [2.05, 4.69) is 21.2 Å². The Labute approximate surface area is 128 Å². The topological polar surface area (TPSA) is 64.4 Å². The quantitative estimate of drug-likeness (QED) is 0.632. The highest BCUT2D eigenvalue weighted by Gasteiger charge is 2.12. The molecule has 0 radical (unpaired) electrons. The van der Waals surface area contributed by atoms with Gasteiger partial charge in [-0.15, -0.1) is 11.3 Å². The second-order valence-corrected chi connectivity index (χ2v) is 5.91. The SMILES string of the molecule is CNCc1cc([N+](=O)[O-])ccc1OCc1sccc1Br. The van der Waals surface area contributed by atoms with Gasteiger partial charge in [0.2, 0.25) is 0 Å². The number of non-ortho nitro benzene ring substituents is 1. The first-order valence-electron chi connectivity index (χ1n) is 5.88. The monoisotopic (exact) mass is 356 g/mol. The number of nitro groups is 1. The molecular formula is C13H13BrN2O3S. The lowest BCUT2D eigenvalue weighted by atomic mass is 10.1. The summed E-state index contributed by atoms with van der Waals surface area (Å²) < 4.78 is 6.78. The molecule has 1 N–H and O–H groups in total. The number of nitrogens with zero attached hydrogens (tertiary/aromatic N) is 1. The molecule has 106 valence electrons. The summed E-state index contributed by atoms with van der Waals surface area (Å²) in [5, 5.41) is 15.8. The fraction of sp³-hybridized carbons (Fsp3) is 0.231. The Balaban J connectivity index is 2.17. The third-order valence-corrected chi connectivity index (χ3v) is 4.57. The summed E-state index contributed by atoms with van der Waals surface area (Å²) in [7, 11) is 1.79. The summed E-state index contributed by atoms with van der Waals surface area (Å²) in [4.78, 5) is 11.5. The van der Waals surface area contributed by atoms with Crippen molar-refractivity contribution in [2.75, 3.05) is 7.05 Å². The van der Waals surface area contributed by atoms with Crippen molar-refractivity contribution in [2.24, 2.45) is 0 Å². The second-order valence-electron chi connectivity index (χ2n) is 4.06. The standard InChI is InChI=1S/C13H13BrN2O3S/c1-15-7-9-6-10(16(17)18)2-3-12(9)19-8-13-11(14)4-5-20-13/h2-6,15H,7-8H2,1H3. The lowest BCUT2D eigenvalue weighted by molar-refractivity contribution is -0.384. The molecule has 0 unspecified atom stereocenters. The van der Waals surface area contributed by atoms with Gasteiger partial charge in [0.1, 0.15) is 12.4 Å². The zero-order chi connectivity index (χ0) is 14.5. The fourth-order valence-corrected chi connectivity index (χ4v) is 3.10. The van der Waals surface area contributed by atoms with Crippen LogP contribution in [0, 0.1) is 10.1 Å². The highest BCUT2D eigenvalue weighted by atomic mass is 79.9. The van der Waals surface area contributed by atoms with Crippen molar-refractivity contribution >= 4 is 33.0 Å². The van der Waals surface area contributed by atoms with Gasteiger partial charge < -0.3 is 10.1 Å². The largest absolute Gasteiger partial charge is 0.488 e. The van der Waals surface area contributed by atoms with E-state index in [0.717, 1.165) is 14.9 Å². The van der Waals surface area contributed by atoms with E-state index in [0.29, 0.717) is 18.9 Å². The van der Waals surface area contributed by atoms with Crippen molar-refractivity contribution in [3.05, 3.63) is 54.7 Å². The van der Waals surface area contributed by atoms with Gasteiger partial charge in [0.05, 0.1) is 9.80 Å². The summed E-state index contributed by atoms with van der Waals surface area (Å²) >= 11 is 5.05. The predicted molar refractivity (Wildman–Crippen MR) is 82.2 cm³/mol. The molecule has 0 bridgehead atoms. The Kier molecular flexibility index (Phi) is 5.11. The summed E-state index contributed by atoms with van der Waals surface area (Å²) in [5.74, 6) is 0.658. The Hall–Kier alpha value is -1.44. The number of thiophene rings is 1. The van der Waals surface area contributed by atoms with E-state index in [1.807, 2.05) is 11.4 Å². The molecule has 1 aromatic heterocycles. The van der Waals surface area contributed by atoms with E-state index in [1.54, 1.807) is 24.5 Å². The van der Waals surface area contributed by atoms with Gasteiger partial charge in [-0.05, 0) is 40.5 Å². The lowest BCUT2D eigenvalue weighted by Gasteiger charge is -2.10. The first kappa shape index (κ1) is 15.0. The van der Waals surface area contributed by atoms with Gasteiger partial charge in [-0.25, -0.2) is 0 Å². The number of hydrogen-bond donors (Lipinski definition) is 1. The third kappa shape index (κ3) is 3.56. The van der Waals surface area contributed by atoms with Crippen LogP contribution in [0.3, 0.4) is 0 Å². The van der Waals surface area contributed by atoms with Crippen LogP contribution in [0.25, 0.3) is 0 Å². The molecule has 20 heavy (non-hydrogen) atoms. The first-order valence-corrected chi connectivity index (χ1v) is 7.55. The smallest absolute Gasteiger partial charge is 0.270 e. The van der Waals surface area contributed by atoms with Gasteiger partial charge in [-0.3, -0.25) is 10.1 Å². The Morgan fingerprint density at radius 2 is 2.25 bits per heavy atom. The molecule has 0 saturated carbocycles. The fourth-order valence-electron chi connectivity index (χ4n) is 1.72. The van der Waals surface area contributed by atoms with Crippen molar-refractivity contribution in [1.82, 2.24) is 5.32 Å². The number of rotatable bonds is 6. The maximum atomic E-state index is 10.8. The molecule has 2 rings (SSSR count). The maximum Gasteiger partial charge on any atom is 0.270 e. The van der Waals surface area contributed by atoms with E-state index in [4.69, 9.17) is 4.74 Å². The van der Waals surface area contributed by atoms with Crippen LogP contribution in [0.15, 0.2) is 34.1 Å². The average Bonchev–Trinajstić information content (AvgIpc) is 2.83. The van der Waals surface area contributed by atoms with Crippen LogP contribution in [-0.4, -0.2) is 12.0 Å². The minimum atomic E-state index is -0.404. The number of ether oxygens (including phenoxy) is 1. The first-order chi connectivity index (χ1) is 9.61. The van der Waals surface area contributed by atoms with Crippen LogP contribution in [0.1, 0.15) is 10.4 Å². The molecule has 0 spiro atoms. The number of nitrogens with one attached hydrogen (secondary N) is 1. The van der Waals surface area contributed by atoms with E-state index >= 15 is 0 Å². The molecular weight excluding hydrogens is 344 g/mol. The van der Waals surface area contributed by atoms with Gasteiger partial charge in [0.25, 0.3) is 5.69 Å². The number of nitro benzene ring substituents is 1. The Bertz CT molecular complexity index is 615. The van der Waals surface area contributed by atoms with Crippen molar-refractivity contribution < 1.29 is 9.66 Å². The molecule has 2 aromatic rings. The number of benzene rings is 1. The molecule has 0 aliphatic heterocycles. The minimum absolute atomic E-state index is 0.0694. The normalized spacial score (nSPS) is 10.5. The van der Waals surface area contributed by atoms with Gasteiger partial charge >= 0.3 is 0 Å². The van der Waals surface area contributed by atoms with Crippen LogP contribution < -0.4 is 10.1 Å². The summed E-state index contributed by atoms with van der Waals surface area (Å²) in [6, 6.07) is 6.60. The van der Waals surface area contributed by atoms with E-state index in [1.165, 1.54) is 12.1 Å². The molecule has 5 nitrogen and oxygen atoms in total. The predicted octanol–water partition coefficient (Wildman–Crippen LogP) is 3.72. The molecule has 7 heteroatoms. The molecule has 0 amide bonds. The Morgan fingerprint density at radius 1 is 1.45 bits per heavy atom. The zero-order valence-electron chi connectivity index (χ0n) is 10.8. The third-order valence-electron chi connectivity index (χ3n) is 2.67. The number of hydrogen-bond acceptors (Lipinski definition) is 5. The van der Waals surface area contributed by atoms with Gasteiger partial charge in [-0.1, -0.05) is 0 Å². The molecule has 1 aromatic carbocycles. The van der Waals surface area contributed by atoms with Crippen LogP contribution in [0.2, 0.25) is 0 Å². The maximum absolute atomic E-state index is 10.8. The zero-order valence-corrected chi connectivity index (χ0v) is 13.2. The van der Waals surface area contributed by atoms with Crippen LogP contribution in [0.4, 0.5) is 5.69 Å². The van der Waals surface area contributed by atoms with Crippen molar-refractivity contribution in [1.29, 1.82) is 0 Å². The van der Waals surface area contributed by atoms with Crippen molar-refractivity contribution in [3.63, 3.8) is 0 Å². The molecule has 0 atom stereocenters. The van der Waals surface area contributed by atoms with Crippen LogP contribution in [0.5, 0.6) is 5.75 Å². The summed E-state index contributed by atoms with van der Waals surface area (Å²) in [6.07, 6.45) is 0. The minimum Gasteiger partial charge on any atom is -0.488 e. The molecule has 0 aliphatic carbocycles. The number of halogens is 1. The highest BCUT2D eigenvalue weighted by molar-refractivity contribution is 9.10. The molecule has 0 aliphatic rings. The second kappa shape index (κ2) is 6.83. The van der Waals surface area contributed by atoms with E-state index in [-0.39, 0.29) is 5.69 Å². The van der Waals surface area contributed by atoms with Crippen LogP contribution in [-0.2, 0) is 13.2 Å². The van der Waals surface area contributed by atoms with Crippen molar-refractivity contribution in [2.45, 2.75) is 13.2 Å². The summed E-state index contributed by atoms with van der Waals surface area (Å²) in [5.41, 5.74) is 0.842. The van der Waals surface area contributed by atoms with Gasteiger partial charge in [-0.2, -0.15) is 0 Å². The highest BCUT2D eigenvalue weighted by Crippen LogP contribution is 2.28. The summed E-state index contributed by atoms with van der Waals surface area (Å²) in [6.45, 7) is 0.954. The van der Waals surface area contributed by atoms with Crippen LogP contribution >= 0.6 is 27.3 Å². The average molecular weight is 357 g/mol. The van der Waals surface area contributed by atoms with Gasteiger partial charge in [0, 0.05) is 28.7 Å². The molecule has 0 saturated heterocycles. The molecule has 1 heterocycles. The van der Waals surface area contributed by atoms with Gasteiger partial charge in [0.15, 0.2) is 0 Å². The lowest BCUT2D eigenvalue weighted by Crippen LogP contribution is -2.08. The molecule has 0 fully saturated rings. The Morgan fingerprint density at radius 3 is 2.85 bits per heavy atom. The van der Waals surface area contributed by atoms with Crippen molar-refractivity contribution in [3.8, 4) is 5.75 Å².